The molecule has 0 radical (unpaired) electrons. The average Bonchev–Trinajstić information content (AvgIpc) is 3.41. The molecule has 2 aromatic carbocycles. The summed E-state index contributed by atoms with van der Waals surface area (Å²) >= 11 is 6.74. The van der Waals surface area contributed by atoms with Gasteiger partial charge in [0.05, 0.1) is 22.9 Å². The minimum Gasteiger partial charge on any atom is -0.389 e. The van der Waals surface area contributed by atoms with E-state index in [1.807, 2.05) is 0 Å². The number of benzene rings is 2. The number of rotatable bonds is 7. The fourth-order valence-electron chi connectivity index (χ4n) is 2.90. The molecule has 180 valence electrons. The normalized spacial score (nSPS) is 16.1. The molecular formula is C20H16ClN7O5S2. The van der Waals surface area contributed by atoms with E-state index in [0.29, 0.717) is 5.02 Å². The summed E-state index contributed by atoms with van der Waals surface area (Å²) in [6.07, 6.45) is 0. The molecule has 1 aromatic heterocycles. The molecule has 1 aliphatic rings. The van der Waals surface area contributed by atoms with Crippen molar-refractivity contribution in [2.45, 2.75) is 24.5 Å². The van der Waals surface area contributed by atoms with Crippen LogP contribution in [0.25, 0.3) is 0 Å². The SMILES string of the molecule is CC1=NN(C(=O)c2ccc(Cl)cc2)C(=O)C1N=Nc1ccc(S(=O)(=O)Nc2nnc(CO)s2)cc1. The molecule has 0 aliphatic carbocycles. The minimum absolute atomic E-state index is 0.0185. The summed E-state index contributed by atoms with van der Waals surface area (Å²) in [4.78, 5) is 25.3. The van der Waals surface area contributed by atoms with E-state index in [9.17, 15) is 18.0 Å². The van der Waals surface area contributed by atoms with Gasteiger partial charge in [-0.2, -0.15) is 20.3 Å². The van der Waals surface area contributed by atoms with Crippen molar-refractivity contribution >= 4 is 61.3 Å². The van der Waals surface area contributed by atoms with Crippen LogP contribution in [0.5, 0.6) is 0 Å². The second-order valence-corrected chi connectivity index (χ2v) is 10.3. The summed E-state index contributed by atoms with van der Waals surface area (Å²) in [7, 11) is -3.94. The number of nitrogens with zero attached hydrogens (tertiary/aromatic N) is 6. The summed E-state index contributed by atoms with van der Waals surface area (Å²) < 4.78 is 27.3. The summed E-state index contributed by atoms with van der Waals surface area (Å²) in [5, 5.41) is 29.8. The van der Waals surface area contributed by atoms with Gasteiger partial charge in [-0.25, -0.2) is 8.42 Å². The molecule has 2 amide bonds. The predicted octanol–water partition coefficient (Wildman–Crippen LogP) is 3.00. The van der Waals surface area contributed by atoms with Gasteiger partial charge in [-0.1, -0.05) is 22.9 Å². The number of hydrogen-bond donors (Lipinski definition) is 2. The highest BCUT2D eigenvalue weighted by Crippen LogP contribution is 2.23. The first-order valence-electron chi connectivity index (χ1n) is 9.84. The summed E-state index contributed by atoms with van der Waals surface area (Å²) in [6.45, 7) is 1.20. The van der Waals surface area contributed by atoms with Crippen LogP contribution >= 0.6 is 22.9 Å². The van der Waals surface area contributed by atoms with Crippen LogP contribution in [0.3, 0.4) is 0 Å². The molecule has 15 heteroatoms. The molecule has 0 bridgehead atoms. The Balaban J connectivity index is 1.44. The highest BCUT2D eigenvalue weighted by atomic mass is 35.5. The van der Waals surface area contributed by atoms with E-state index in [2.05, 4.69) is 30.2 Å². The average molecular weight is 534 g/mol. The zero-order chi connectivity index (χ0) is 25.2. The first kappa shape index (κ1) is 24.5. The van der Waals surface area contributed by atoms with E-state index in [0.717, 1.165) is 16.3 Å². The van der Waals surface area contributed by atoms with Gasteiger partial charge in [0.15, 0.2) is 6.04 Å². The molecule has 0 saturated carbocycles. The van der Waals surface area contributed by atoms with Crippen LogP contribution in [0.1, 0.15) is 22.3 Å². The highest BCUT2D eigenvalue weighted by molar-refractivity contribution is 7.93. The number of carbonyl (C=O) groups excluding carboxylic acids is 2. The molecule has 1 unspecified atom stereocenters. The van der Waals surface area contributed by atoms with Crippen molar-refractivity contribution in [3.63, 3.8) is 0 Å². The number of anilines is 1. The number of hydrazone groups is 1. The van der Waals surface area contributed by atoms with Crippen LogP contribution in [0.4, 0.5) is 10.8 Å². The Bertz CT molecular complexity index is 1440. The lowest BCUT2D eigenvalue weighted by Crippen LogP contribution is -2.34. The molecule has 4 rings (SSSR count). The standard InChI is InChI=1S/C20H16ClN7O5S2/c1-11-17(19(31)28(26-11)18(30)12-2-4-13(21)5-3-12)24-22-14-6-8-15(9-7-14)35(32,33)27-20-25-23-16(10-29)34-20/h2-9,17,29H,10H2,1H3,(H,25,27). The van der Waals surface area contributed by atoms with Crippen LogP contribution < -0.4 is 4.72 Å². The molecule has 2 heterocycles. The van der Waals surface area contributed by atoms with Gasteiger partial charge in [0, 0.05) is 10.6 Å². The third kappa shape index (κ3) is 5.40. The summed E-state index contributed by atoms with van der Waals surface area (Å²) in [5.74, 6) is -1.28. The first-order chi connectivity index (χ1) is 16.7. The van der Waals surface area contributed by atoms with Gasteiger partial charge in [0.25, 0.3) is 21.8 Å². The van der Waals surface area contributed by atoms with Gasteiger partial charge in [-0.15, -0.1) is 10.2 Å². The third-order valence-electron chi connectivity index (χ3n) is 4.64. The number of imide groups is 1. The van der Waals surface area contributed by atoms with Gasteiger partial charge >= 0.3 is 0 Å². The Kier molecular flexibility index (Phi) is 6.98. The second kappa shape index (κ2) is 9.95. The van der Waals surface area contributed by atoms with Crippen LogP contribution in [-0.2, 0) is 21.4 Å². The molecule has 12 nitrogen and oxygen atoms in total. The number of aromatic nitrogens is 2. The minimum atomic E-state index is -3.94. The molecule has 0 fully saturated rings. The Morgan fingerprint density at radius 1 is 1.17 bits per heavy atom. The molecule has 35 heavy (non-hydrogen) atoms. The number of halogens is 1. The molecule has 1 aliphatic heterocycles. The van der Waals surface area contributed by atoms with Crippen molar-refractivity contribution in [3.05, 3.63) is 64.1 Å². The zero-order valence-electron chi connectivity index (χ0n) is 17.9. The topological polar surface area (TPSA) is 167 Å². The summed E-state index contributed by atoms with van der Waals surface area (Å²) in [5.41, 5.74) is 0.803. The van der Waals surface area contributed by atoms with Gasteiger partial charge in [-0.3, -0.25) is 14.3 Å². The van der Waals surface area contributed by atoms with Crippen LogP contribution in [0.2, 0.25) is 5.02 Å². The number of amides is 2. The summed E-state index contributed by atoms with van der Waals surface area (Å²) in [6, 6.07) is 10.4. The maximum Gasteiger partial charge on any atom is 0.282 e. The number of nitrogens with one attached hydrogen (secondary N) is 1. The maximum absolute atomic E-state index is 12.7. The van der Waals surface area contributed by atoms with E-state index in [1.54, 1.807) is 6.92 Å². The molecular weight excluding hydrogens is 518 g/mol. The number of carbonyl (C=O) groups is 2. The quantitative estimate of drug-likeness (QED) is 0.347. The number of azo groups is 1. The molecule has 3 aromatic rings. The zero-order valence-corrected chi connectivity index (χ0v) is 20.3. The van der Waals surface area contributed by atoms with Crippen LogP contribution in [-0.4, -0.2) is 52.3 Å². The van der Waals surface area contributed by atoms with E-state index in [-0.39, 0.29) is 38.6 Å². The van der Waals surface area contributed by atoms with Gasteiger partial charge < -0.3 is 5.11 Å². The molecule has 0 saturated heterocycles. The predicted molar refractivity (Wildman–Crippen MR) is 127 cm³/mol. The number of aliphatic hydroxyl groups is 1. The van der Waals surface area contributed by atoms with Crippen molar-refractivity contribution in [3.8, 4) is 0 Å². The van der Waals surface area contributed by atoms with Crippen LogP contribution in [0, 0.1) is 0 Å². The first-order valence-corrected chi connectivity index (χ1v) is 12.5. The fourth-order valence-corrected chi connectivity index (χ4v) is 4.85. The number of sulfonamides is 1. The van der Waals surface area contributed by atoms with E-state index >= 15 is 0 Å². The van der Waals surface area contributed by atoms with Crippen molar-refractivity contribution in [1.82, 2.24) is 15.2 Å². The smallest absolute Gasteiger partial charge is 0.282 e. The van der Waals surface area contributed by atoms with Gasteiger partial charge in [0.2, 0.25) is 5.13 Å². The second-order valence-electron chi connectivity index (χ2n) is 7.08. The van der Waals surface area contributed by atoms with Crippen molar-refractivity contribution in [2.75, 3.05) is 4.72 Å². The monoisotopic (exact) mass is 533 g/mol. The number of aliphatic hydroxyl groups excluding tert-OH is 1. The Morgan fingerprint density at radius 3 is 2.49 bits per heavy atom. The van der Waals surface area contributed by atoms with Crippen molar-refractivity contribution < 1.29 is 23.1 Å². The molecule has 0 spiro atoms. The van der Waals surface area contributed by atoms with Crippen molar-refractivity contribution in [2.24, 2.45) is 15.3 Å². The molecule has 1 atom stereocenters. The van der Waals surface area contributed by atoms with E-state index < -0.39 is 27.9 Å². The van der Waals surface area contributed by atoms with Gasteiger partial charge in [-0.05, 0) is 55.5 Å². The largest absolute Gasteiger partial charge is 0.389 e. The fraction of sp³-hybridized carbons (Fsp3) is 0.150. The lowest BCUT2D eigenvalue weighted by atomic mass is 10.2. The Hall–Kier alpha value is -3.59. The van der Waals surface area contributed by atoms with E-state index in [4.69, 9.17) is 16.7 Å². The lowest BCUT2D eigenvalue weighted by molar-refractivity contribution is -0.127. The number of hydrogen-bond acceptors (Lipinski definition) is 11. The highest BCUT2D eigenvalue weighted by Gasteiger charge is 2.38. The lowest BCUT2D eigenvalue weighted by Gasteiger charge is -2.10. The van der Waals surface area contributed by atoms with Gasteiger partial charge in [0.1, 0.15) is 5.01 Å². The van der Waals surface area contributed by atoms with Crippen LogP contribution in [0.15, 0.2) is 68.8 Å². The van der Waals surface area contributed by atoms with E-state index in [1.165, 1.54) is 48.5 Å². The maximum atomic E-state index is 12.7. The third-order valence-corrected chi connectivity index (χ3v) is 7.20. The molecule has 2 N–H and O–H groups in total. The Labute approximate surface area is 208 Å². The van der Waals surface area contributed by atoms with Crippen molar-refractivity contribution in [1.29, 1.82) is 0 Å². The Morgan fingerprint density at radius 2 is 1.86 bits per heavy atom.